The minimum Gasteiger partial charge on any atom is -0.314 e. The number of halogens is 2. The van der Waals surface area contributed by atoms with Gasteiger partial charge in [0.25, 0.3) is 0 Å². The first kappa shape index (κ1) is 13.4. The lowest BCUT2D eigenvalue weighted by atomic mass is 9.83. The molecule has 1 aromatic rings. The summed E-state index contributed by atoms with van der Waals surface area (Å²) < 4.78 is 26.8. The Bertz CT molecular complexity index is 412. The zero-order valence-corrected chi connectivity index (χ0v) is 11.0. The highest BCUT2D eigenvalue weighted by Gasteiger charge is 2.27. The molecule has 0 saturated carbocycles. The van der Waals surface area contributed by atoms with Crippen LogP contribution in [0.5, 0.6) is 0 Å². The molecule has 1 fully saturated rings. The maximum absolute atomic E-state index is 13.8. The van der Waals surface area contributed by atoms with Crippen molar-refractivity contribution in [3.8, 4) is 0 Å². The number of hydrogen-bond donors (Lipinski definition) is 1. The Morgan fingerprint density at radius 3 is 2.50 bits per heavy atom. The van der Waals surface area contributed by atoms with E-state index in [0.717, 1.165) is 38.8 Å². The Balaban J connectivity index is 2.13. The second-order valence-corrected chi connectivity index (χ2v) is 5.53. The van der Waals surface area contributed by atoms with Gasteiger partial charge in [-0.15, -0.1) is 0 Å². The van der Waals surface area contributed by atoms with Gasteiger partial charge in [-0.3, -0.25) is 4.90 Å². The van der Waals surface area contributed by atoms with Gasteiger partial charge in [-0.2, -0.15) is 0 Å². The Hall–Kier alpha value is -1.00. The molecule has 1 heterocycles. The van der Waals surface area contributed by atoms with Crippen LogP contribution in [0.25, 0.3) is 0 Å². The molecule has 1 aromatic carbocycles. The summed E-state index contributed by atoms with van der Waals surface area (Å²) in [5.41, 5.74) is 0.275. The molecule has 1 aliphatic rings. The SMILES string of the molecule is CC(C)(CN1CCNCC1)c1ccc(F)cc1F. The van der Waals surface area contributed by atoms with Crippen molar-refractivity contribution in [3.63, 3.8) is 0 Å². The Morgan fingerprint density at radius 2 is 1.89 bits per heavy atom. The van der Waals surface area contributed by atoms with Crippen LogP contribution in [0.3, 0.4) is 0 Å². The molecule has 1 N–H and O–H groups in total. The van der Waals surface area contributed by atoms with Crippen molar-refractivity contribution in [1.82, 2.24) is 10.2 Å². The van der Waals surface area contributed by atoms with Crippen molar-refractivity contribution in [2.24, 2.45) is 0 Å². The van der Waals surface area contributed by atoms with Crippen LogP contribution in [-0.2, 0) is 5.41 Å². The lowest BCUT2D eigenvalue weighted by Crippen LogP contribution is -2.48. The molecule has 100 valence electrons. The molecule has 0 unspecified atom stereocenters. The van der Waals surface area contributed by atoms with Crippen molar-refractivity contribution in [1.29, 1.82) is 0 Å². The standard InChI is InChI=1S/C14H20F2N2/c1-14(2,10-18-7-5-17-6-8-18)12-4-3-11(15)9-13(12)16/h3-4,9,17H,5-8,10H2,1-2H3. The van der Waals surface area contributed by atoms with Gasteiger partial charge in [0, 0.05) is 44.2 Å². The maximum Gasteiger partial charge on any atom is 0.129 e. The third-order valence-corrected chi connectivity index (χ3v) is 3.49. The molecule has 1 aliphatic heterocycles. The average Bonchev–Trinajstić information content (AvgIpc) is 2.29. The van der Waals surface area contributed by atoms with Crippen LogP contribution in [0.4, 0.5) is 8.78 Å². The molecule has 0 radical (unpaired) electrons. The highest BCUT2D eigenvalue weighted by atomic mass is 19.1. The predicted molar refractivity (Wildman–Crippen MR) is 68.7 cm³/mol. The Labute approximate surface area is 107 Å². The molecule has 2 nitrogen and oxygen atoms in total. The van der Waals surface area contributed by atoms with Gasteiger partial charge in [-0.25, -0.2) is 8.78 Å². The van der Waals surface area contributed by atoms with Crippen LogP contribution < -0.4 is 5.32 Å². The minimum atomic E-state index is -0.519. The summed E-state index contributed by atoms with van der Waals surface area (Å²) in [5, 5.41) is 3.29. The molecule has 4 heteroatoms. The molecule has 18 heavy (non-hydrogen) atoms. The first-order chi connectivity index (χ1) is 8.49. The van der Waals surface area contributed by atoms with Gasteiger partial charge in [-0.1, -0.05) is 19.9 Å². The van der Waals surface area contributed by atoms with Gasteiger partial charge in [0.2, 0.25) is 0 Å². The highest BCUT2D eigenvalue weighted by molar-refractivity contribution is 5.26. The van der Waals surface area contributed by atoms with Crippen molar-refractivity contribution >= 4 is 0 Å². The fourth-order valence-electron chi connectivity index (χ4n) is 2.55. The number of nitrogens with zero attached hydrogens (tertiary/aromatic N) is 1. The second kappa shape index (κ2) is 5.33. The molecular weight excluding hydrogens is 234 g/mol. The Morgan fingerprint density at radius 1 is 1.22 bits per heavy atom. The molecule has 0 spiro atoms. The van der Waals surface area contributed by atoms with Crippen LogP contribution in [0.15, 0.2) is 18.2 Å². The van der Waals surface area contributed by atoms with Gasteiger partial charge < -0.3 is 5.32 Å². The highest BCUT2D eigenvalue weighted by Crippen LogP contribution is 2.27. The molecule has 1 saturated heterocycles. The molecule has 2 rings (SSSR count). The van der Waals surface area contributed by atoms with E-state index >= 15 is 0 Å². The van der Waals surface area contributed by atoms with Crippen LogP contribution >= 0.6 is 0 Å². The van der Waals surface area contributed by atoms with E-state index in [9.17, 15) is 8.78 Å². The van der Waals surface area contributed by atoms with E-state index in [1.807, 2.05) is 13.8 Å². The van der Waals surface area contributed by atoms with Crippen LogP contribution in [0, 0.1) is 11.6 Å². The van der Waals surface area contributed by atoms with Gasteiger partial charge in [-0.05, 0) is 11.6 Å². The smallest absolute Gasteiger partial charge is 0.129 e. The maximum atomic E-state index is 13.8. The monoisotopic (exact) mass is 254 g/mol. The summed E-state index contributed by atoms with van der Waals surface area (Å²) in [6.07, 6.45) is 0. The van der Waals surface area contributed by atoms with Crippen molar-refractivity contribution in [2.75, 3.05) is 32.7 Å². The normalized spacial score (nSPS) is 18.0. The van der Waals surface area contributed by atoms with E-state index in [1.165, 1.54) is 6.07 Å². The summed E-state index contributed by atoms with van der Waals surface area (Å²) in [5.74, 6) is -0.968. The summed E-state index contributed by atoms with van der Waals surface area (Å²) in [6.45, 7) is 8.70. The summed E-state index contributed by atoms with van der Waals surface area (Å²) >= 11 is 0. The van der Waals surface area contributed by atoms with Crippen molar-refractivity contribution in [3.05, 3.63) is 35.4 Å². The number of nitrogens with one attached hydrogen (secondary N) is 1. The van der Waals surface area contributed by atoms with E-state index in [0.29, 0.717) is 5.56 Å². The van der Waals surface area contributed by atoms with E-state index in [2.05, 4.69) is 10.2 Å². The molecule has 0 bridgehead atoms. The van der Waals surface area contributed by atoms with Gasteiger partial charge >= 0.3 is 0 Å². The van der Waals surface area contributed by atoms with Crippen LogP contribution in [0.2, 0.25) is 0 Å². The Kier molecular flexibility index (Phi) is 3.97. The lowest BCUT2D eigenvalue weighted by Gasteiger charge is -2.35. The lowest BCUT2D eigenvalue weighted by molar-refractivity contribution is 0.198. The average molecular weight is 254 g/mol. The number of piperazine rings is 1. The van der Waals surface area contributed by atoms with Crippen molar-refractivity contribution < 1.29 is 8.78 Å². The fourth-order valence-corrected chi connectivity index (χ4v) is 2.55. The summed E-state index contributed by atoms with van der Waals surface area (Å²) in [7, 11) is 0. The number of hydrogen-bond acceptors (Lipinski definition) is 2. The van der Waals surface area contributed by atoms with E-state index in [-0.39, 0.29) is 5.41 Å². The molecular formula is C14H20F2N2. The van der Waals surface area contributed by atoms with Gasteiger partial charge in [0.15, 0.2) is 0 Å². The third-order valence-electron chi connectivity index (χ3n) is 3.49. The summed E-state index contributed by atoms with van der Waals surface area (Å²) in [6, 6.07) is 3.86. The number of benzene rings is 1. The minimum absolute atomic E-state index is 0.310. The zero-order chi connectivity index (χ0) is 13.2. The molecule has 0 aliphatic carbocycles. The summed E-state index contributed by atoms with van der Waals surface area (Å²) in [4.78, 5) is 2.32. The van der Waals surface area contributed by atoms with Crippen LogP contribution in [0.1, 0.15) is 19.4 Å². The topological polar surface area (TPSA) is 15.3 Å². The predicted octanol–water partition coefficient (Wildman–Crippen LogP) is 2.15. The van der Waals surface area contributed by atoms with E-state index in [1.54, 1.807) is 6.07 Å². The molecule has 0 amide bonds. The van der Waals surface area contributed by atoms with Crippen molar-refractivity contribution in [2.45, 2.75) is 19.3 Å². The fraction of sp³-hybridized carbons (Fsp3) is 0.571. The third kappa shape index (κ3) is 3.06. The van der Waals surface area contributed by atoms with E-state index < -0.39 is 11.6 Å². The van der Waals surface area contributed by atoms with Gasteiger partial charge in [0.1, 0.15) is 11.6 Å². The second-order valence-electron chi connectivity index (χ2n) is 5.53. The zero-order valence-electron chi connectivity index (χ0n) is 11.0. The molecule has 0 atom stereocenters. The molecule has 0 aromatic heterocycles. The van der Waals surface area contributed by atoms with Gasteiger partial charge in [0.05, 0.1) is 0 Å². The largest absolute Gasteiger partial charge is 0.314 e. The first-order valence-electron chi connectivity index (χ1n) is 6.38. The first-order valence-corrected chi connectivity index (χ1v) is 6.38. The quantitative estimate of drug-likeness (QED) is 0.889. The number of rotatable bonds is 3. The van der Waals surface area contributed by atoms with Crippen LogP contribution in [-0.4, -0.2) is 37.6 Å². The van der Waals surface area contributed by atoms with E-state index in [4.69, 9.17) is 0 Å².